The summed E-state index contributed by atoms with van der Waals surface area (Å²) in [5.74, 6) is -0.622. The molecule has 6 nitrogen and oxygen atoms in total. The lowest BCUT2D eigenvalue weighted by Gasteiger charge is -2.05. The Hall–Kier alpha value is -3.55. The highest BCUT2D eigenvalue weighted by atomic mass is 32.1. The Morgan fingerprint density at radius 1 is 1.09 bits per heavy atom. The number of nitrogens with zero attached hydrogens (tertiary/aromatic N) is 2. The summed E-state index contributed by atoms with van der Waals surface area (Å²) in [5.41, 5.74) is 1.76. The average Bonchev–Trinajstić information content (AvgIpc) is 3.12. The summed E-state index contributed by atoms with van der Waals surface area (Å²) in [7, 11) is 1.63. The van der Waals surface area contributed by atoms with Crippen molar-refractivity contribution in [3.8, 4) is 0 Å². The van der Waals surface area contributed by atoms with Crippen LogP contribution in [-0.2, 0) is 11.3 Å². The standard InChI is InChI=1S/C25H20N2O4S/c1-15-7-9-20-22(13-15)32-25(27(20)11-12-30-2)26-23(28)19-14-18-17-6-4-3-5-16(17)8-10-21(18)31-24(19)29/h3-10,13-14H,11-12H2,1-2H3. The molecule has 0 aliphatic heterocycles. The molecular weight excluding hydrogens is 424 g/mol. The number of hydrogen-bond donors (Lipinski definition) is 0. The van der Waals surface area contributed by atoms with E-state index in [0.717, 1.165) is 26.6 Å². The van der Waals surface area contributed by atoms with Crippen LogP contribution in [0.2, 0.25) is 0 Å². The third-order valence-electron chi connectivity index (χ3n) is 5.43. The molecule has 2 aromatic heterocycles. The molecule has 0 radical (unpaired) electrons. The van der Waals surface area contributed by atoms with Crippen molar-refractivity contribution >= 4 is 49.2 Å². The number of fused-ring (bicyclic) bond motifs is 4. The lowest BCUT2D eigenvalue weighted by Crippen LogP contribution is -2.21. The molecule has 160 valence electrons. The molecule has 5 aromatic rings. The van der Waals surface area contributed by atoms with Crippen LogP contribution < -0.4 is 10.4 Å². The first-order chi connectivity index (χ1) is 15.5. The minimum absolute atomic E-state index is 0.0826. The van der Waals surface area contributed by atoms with E-state index in [1.54, 1.807) is 19.2 Å². The number of rotatable bonds is 4. The second-order valence-corrected chi connectivity index (χ2v) is 8.57. The third-order valence-corrected chi connectivity index (χ3v) is 6.47. The summed E-state index contributed by atoms with van der Waals surface area (Å²) in [6, 6.07) is 19.1. The normalized spacial score (nSPS) is 12.2. The Morgan fingerprint density at radius 2 is 1.94 bits per heavy atom. The Morgan fingerprint density at radius 3 is 2.78 bits per heavy atom. The van der Waals surface area contributed by atoms with Crippen LogP contribution in [0.3, 0.4) is 0 Å². The van der Waals surface area contributed by atoms with Crippen LogP contribution in [0.25, 0.3) is 32.0 Å². The Balaban J connectivity index is 1.69. The molecule has 3 aromatic carbocycles. The van der Waals surface area contributed by atoms with E-state index in [1.165, 1.54) is 11.3 Å². The van der Waals surface area contributed by atoms with E-state index in [9.17, 15) is 9.59 Å². The molecule has 5 rings (SSSR count). The van der Waals surface area contributed by atoms with Crippen LogP contribution in [0, 0.1) is 6.92 Å². The fourth-order valence-electron chi connectivity index (χ4n) is 3.83. The Labute approximate surface area is 187 Å². The minimum atomic E-state index is -0.693. The van der Waals surface area contributed by atoms with Gasteiger partial charge in [0.05, 0.1) is 16.8 Å². The van der Waals surface area contributed by atoms with Gasteiger partial charge >= 0.3 is 5.63 Å². The van der Waals surface area contributed by atoms with Crippen molar-refractivity contribution < 1.29 is 13.9 Å². The van der Waals surface area contributed by atoms with Crippen LogP contribution in [0.5, 0.6) is 0 Å². The molecule has 0 unspecified atom stereocenters. The summed E-state index contributed by atoms with van der Waals surface area (Å²) in [6.07, 6.45) is 0. The molecule has 0 aliphatic carbocycles. The molecule has 0 N–H and O–H groups in total. The summed E-state index contributed by atoms with van der Waals surface area (Å²) in [6.45, 7) is 3.04. The number of hydrogen-bond acceptors (Lipinski definition) is 5. The van der Waals surface area contributed by atoms with Gasteiger partial charge in [0.15, 0.2) is 4.80 Å². The molecule has 2 heterocycles. The fraction of sp³-hybridized carbons (Fsp3) is 0.160. The van der Waals surface area contributed by atoms with Gasteiger partial charge in [0.2, 0.25) is 0 Å². The summed E-state index contributed by atoms with van der Waals surface area (Å²) >= 11 is 1.41. The molecule has 0 aliphatic rings. The first-order valence-corrected chi connectivity index (χ1v) is 11.0. The van der Waals surface area contributed by atoms with Gasteiger partial charge in [-0.2, -0.15) is 4.99 Å². The van der Waals surface area contributed by atoms with Gasteiger partial charge in [0.25, 0.3) is 5.91 Å². The number of carbonyl (C=O) groups is 1. The van der Waals surface area contributed by atoms with Gasteiger partial charge in [-0.15, -0.1) is 0 Å². The van der Waals surface area contributed by atoms with Crippen molar-refractivity contribution in [1.29, 1.82) is 0 Å². The molecule has 32 heavy (non-hydrogen) atoms. The van der Waals surface area contributed by atoms with Crippen LogP contribution in [0.4, 0.5) is 0 Å². The lowest BCUT2D eigenvalue weighted by molar-refractivity contribution is 0.0994. The Bertz CT molecular complexity index is 1620. The topological polar surface area (TPSA) is 73.8 Å². The summed E-state index contributed by atoms with van der Waals surface area (Å²) in [4.78, 5) is 30.6. The smallest absolute Gasteiger partial charge is 0.349 e. The number of methoxy groups -OCH3 is 1. The van der Waals surface area contributed by atoms with E-state index >= 15 is 0 Å². The maximum atomic E-state index is 13.1. The number of aryl methyl sites for hydroxylation is 1. The van der Waals surface area contributed by atoms with Gasteiger partial charge in [-0.1, -0.05) is 47.7 Å². The Kier molecular flexibility index (Phi) is 5.20. The monoisotopic (exact) mass is 444 g/mol. The average molecular weight is 445 g/mol. The highest BCUT2D eigenvalue weighted by molar-refractivity contribution is 7.16. The number of amides is 1. The zero-order valence-electron chi connectivity index (χ0n) is 17.6. The van der Waals surface area contributed by atoms with Gasteiger partial charge in [0, 0.05) is 19.0 Å². The van der Waals surface area contributed by atoms with Gasteiger partial charge in [-0.05, 0) is 47.5 Å². The molecular formula is C25H20N2O4S. The van der Waals surface area contributed by atoms with Gasteiger partial charge in [0.1, 0.15) is 11.1 Å². The van der Waals surface area contributed by atoms with Crippen molar-refractivity contribution in [3.63, 3.8) is 0 Å². The number of aromatic nitrogens is 1. The zero-order chi connectivity index (χ0) is 22.2. The van der Waals surface area contributed by atoms with Gasteiger partial charge in [-0.25, -0.2) is 4.79 Å². The number of ether oxygens (including phenoxy) is 1. The third kappa shape index (κ3) is 3.55. The number of carbonyl (C=O) groups excluding carboxylic acids is 1. The summed E-state index contributed by atoms with van der Waals surface area (Å²) < 4.78 is 13.7. The van der Waals surface area contributed by atoms with E-state index in [0.29, 0.717) is 28.9 Å². The van der Waals surface area contributed by atoms with E-state index in [4.69, 9.17) is 9.15 Å². The van der Waals surface area contributed by atoms with Crippen molar-refractivity contribution in [2.24, 2.45) is 4.99 Å². The van der Waals surface area contributed by atoms with E-state index < -0.39 is 11.5 Å². The molecule has 0 bridgehead atoms. The molecule has 0 spiro atoms. The van der Waals surface area contributed by atoms with Crippen LogP contribution in [0.1, 0.15) is 15.9 Å². The van der Waals surface area contributed by atoms with Crippen LogP contribution >= 0.6 is 11.3 Å². The van der Waals surface area contributed by atoms with Crippen molar-refractivity contribution in [2.45, 2.75) is 13.5 Å². The highest BCUT2D eigenvalue weighted by Gasteiger charge is 2.16. The van der Waals surface area contributed by atoms with Crippen LogP contribution in [0.15, 0.2) is 74.9 Å². The van der Waals surface area contributed by atoms with E-state index in [2.05, 4.69) is 11.1 Å². The second-order valence-electron chi connectivity index (χ2n) is 7.56. The first kappa shape index (κ1) is 20.4. The molecule has 7 heteroatoms. The van der Waals surface area contributed by atoms with E-state index in [1.807, 2.05) is 54.0 Å². The molecule has 1 amide bonds. The molecule has 0 saturated carbocycles. The summed E-state index contributed by atoms with van der Waals surface area (Å²) in [5, 5.41) is 2.62. The zero-order valence-corrected chi connectivity index (χ0v) is 18.4. The lowest BCUT2D eigenvalue weighted by atomic mass is 10.0. The maximum Gasteiger partial charge on any atom is 0.349 e. The number of benzene rings is 3. The van der Waals surface area contributed by atoms with E-state index in [-0.39, 0.29) is 5.56 Å². The van der Waals surface area contributed by atoms with Gasteiger partial charge < -0.3 is 13.7 Å². The van der Waals surface area contributed by atoms with Gasteiger partial charge in [-0.3, -0.25) is 4.79 Å². The van der Waals surface area contributed by atoms with Crippen molar-refractivity contribution in [1.82, 2.24) is 4.57 Å². The largest absolute Gasteiger partial charge is 0.422 e. The molecule has 0 saturated heterocycles. The van der Waals surface area contributed by atoms with Crippen molar-refractivity contribution in [3.05, 3.63) is 87.0 Å². The highest BCUT2D eigenvalue weighted by Crippen LogP contribution is 2.25. The maximum absolute atomic E-state index is 13.1. The first-order valence-electron chi connectivity index (χ1n) is 10.2. The predicted molar refractivity (Wildman–Crippen MR) is 126 cm³/mol. The predicted octanol–water partition coefficient (Wildman–Crippen LogP) is 4.66. The quantitative estimate of drug-likeness (QED) is 0.299. The molecule has 0 atom stereocenters. The van der Waals surface area contributed by atoms with Crippen molar-refractivity contribution in [2.75, 3.05) is 13.7 Å². The molecule has 0 fully saturated rings. The fourth-order valence-corrected chi connectivity index (χ4v) is 4.98. The SMILES string of the molecule is COCCn1c(=NC(=O)c2cc3c(ccc4ccccc43)oc2=O)sc2cc(C)ccc21. The second kappa shape index (κ2) is 8.18. The minimum Gasteiger partial charge on any atom is -0.422 e. The number of thiazole rings is 1. The van der Waals surface area contributed by atoms with Crippen LogP contribution in [-0.4, -0.2) is 24.2 Å².